The van der Waals surface area contributed by atoms with Gasteiger partial charge < -0.3 is 5.32 Å². The zero-order valence-corrected chi connectivity index (χ0v) is 18.3. The van der Waals surface area contributed by atoms with Crippen LogP contribution in [0.1, 0.15) is 13.3 Å². The van der Waals surface area contributed by atoms with Gasteiger partial charge in [0.1, 0.15) is 5.82 Å². The quantitative estimate of drug-likeness (QED) is 0.321. The lowest BCUT2D eigenvalue weighted by molar-refractivity contribution is -0.113. The summed E-state index contributed by atoms with van der Waals surface area (Å²) in [7, 11) is 0. The molecule has 0 aliphatic carbocycles. The maximum atomic E-state index is 13.1. The highest BCUT2D eigenvalue weighted by Gasteiger charge is 2.14. The standard InChI is InChI=1S/C22H19FN4O2S2/c1-2-11-27-20(29)16-5-3-4-6-17(16)25-22(27)31-13-19(28)26-21-24-18(12-30-21)14-7-9-15(23)10-8-14/h3-10,12H,2,11,13H2,1H3,(H,24,26,28). The monoisotopic (exact) mass is 454 g/mol. The van der Waals surface area contributed by atoms with Gasteiger partial charge in [0.15, 0.2) is 10.3 Å². The van der Waals surface area contributed by atoms with Crippen LogP contribution in [0, 0.1) is 5.82 Å². The number of carbonyl (C=O) groups is 1. The Balaban J connectivity index is 1.47. The molecule has 0 saturated carbocycles. The fourth-order valence-electron chi connectivity index (χ4n) is 3.05. The molecule has 2 heterocycles. The van der Waals surface area contributed by atoms with E-state index in [-0.39, 0.29) is 23.0 Å². The van der Waals surface area contributed by atoms with E-state index >= 15 is 0 Å². The van der Waals surface area contributed by atoms with E-state index in [2.05, 4.69) is 15.3 Å². The Morgan fingerprint density at radius 2 is 1.94 bits per heavy atom. The normalized spacial score (nSPS) is 11.0. The number of amides is 1. The molecule has 6 nitrogen and oxygen atoms in total. The van der Waals surface area contributed by atoms with E-state index in [1.807, 2.05) is 19.1 Å². The number of nitrogens with one attached hydrogen (secondary N) is 1. The number of hydrogen-bond donors (Lipinski definition) is 1. The highest BCUT2D eigenvalue weighted by Crippen LogP contribution is 2.25. The minimum atomic E-state index is -0.312. The summed E-state index contributed by atoms with van der Waals surface area (Å²) in [6.07, 6.45) is 0.783. The van der Waals surface area contributed by atoms with Crippen LogP contribution >= 0.6 is 23.1 Å². The van der Waals surface area contributed by atoms with Gasteiger partial charge in [-0.3, -0.25) is 14.2 Å². The van der Waals surface area contributed by atoms with Gasteiger partial charge in [-0.1, -0.05) is 30.8 Å². The van der Waals surface area contributed by atoms with Crippen molar-refractivity contribution in [1.82, 2.24) is 14.5 Å². The molecule has 1 amide bonds. The molecule has 0 aliphatic heterocycles. The van der Waals surface area contributed by atoms with E-state index in [0.29, 0.717) is 33.4 Å². The van der Waals surface area contributed by atoms with Gasteiger partial charge in [-0.2, -0.15) is 0 Å². The Hall–Kier alpha value is -3.04. The highest BCUT2D eigenvalue weighted by atomic mass is 32.2. The van der Waals surface area contributed by atoms with Crippen LogP contribution in [0.2, 0.25) is 0 Å². The Labute approximate surface area is 186 Å². The van der Waals surface area contributed by atoms with Gasteiger partial charge >= 0.3 is 0 Å². The second-order valence-electron chi connectivity index (χ2n) is 6.75. The van der Waals surface area contributed by atoms with Crippen LogP contribution in [-0.2, 0) is 11.3 Å². The number of fused-ring (bicyclic) bond motifs is 1. The van der Waals surface area contributed by atoms with Crippen LogP contribution in [0.15, 0.2) is 63.9 Å². The van der Waals surface area contributed by atoms with Crippen molar-refractivity contribution in [3.63, 3.8) is 0 Å². The average Bonchev–Trinajstić information content (AvgIpc) is 3.23. The Bertz CT molecular complexity index is 1280. The maximum absolute atomic E-state index is 13.1. The molecule has 0 spiro atoms. The molecular weight excluding hydrogens is 435 g/mol. The smallest absolute Gasteiger partial charge is 0.262 e. The summed E-state index contributed by atoms with van der Waals surface area (Å²) in [6, 6.07) is 13.2. The Morgan fingerprint density at radius 1 is 1.16 bits per heavy atom. The summed E-state index contributed by atoms with van der Waals surface area (Å²) in [5.74, 6) is -0.455. The van der Waals surface area contributed by atoms with Crippen molar-refractivity contribution in [2.24, 2.45) is 0 Å². The van der Waals surface area contributed by atoms with Gasteiger partial charge in [0, 0.05) is 17.5 Å². The first-order valence-corrected chi connectivity index (χ1v) is 11.6. The molecule has 0 bridgehead atoms. The first-order chi connectivity index (χ1) is 15.0. The van der Waals surface area contributed by atoms with E-state index in [0.717, 1.165) is 12.0 Å². The largest absolute Gasteiger partial charge is 0.301 e. The highest BCUT2D eigenvalue weighted by molar-refractivity contribution is 7.99. The van der Waals surface area contributed by atoms with Crippen molar-refractivity contribution >= 4 is 45.0 Å². The number of benzene rings is 2. The van der Waals surface area contributed by atoms with E-state index in [1.165, 1.54) is 35.2 Å². The zero-order chi connectivity index (χ0) is 21.8. The minimum Gasteiger partial charge on any atom is -0.301 e. The molecule has 31 heavy (non-hydrogen) atoms. The third-order valence-corrected chi connectivity index (χ3v) is 6.23. The predicted molar refractivity (Wildman–Crippen MR) is 123 cm³/mol. The van der Waals surface area contributed by atoms with Crippen molar-refractivity contribution in [3.8, 4) is 11.3 Å². The second-order valence-corrected chi connectivity index (χ2v) is 8.55. The van der Waals surface area contributed by atoms with Crippen molar-refractivity contribution in [2.75, 3.05) is 11.1 Å². The van der Waals surface area contributed by atoms with Gasteiger partial charge in [-0.15, -0.1) is 11.3 Å². The first-order valence-electron chi connectivity index (χ1n) is 9.69. The van der Waals surface area contributed by atoms with Crippen molar-refractivity contribution < 1.29 is 9.18 Å². The van der Waals surface area contributed by atoms with Gasteiger partial charge in [-0.05, 0) is 42.8 Å². The number of anilines is 1. The molecule has 9 heteroatoms. The number of aromatic nitrogens is 3. The van der Waals surface area contributed by atoms with Crippen LogP contribution in [0.3, 0.4) is 0 Å². The number of rotatable bonds is 7. The van der Waals surface area contributed by atoms with Gasteiger partial charge in [0.05, 0.1) is 22.3 Å². The lowest BCUT2D eigenvalue weighted by atomic mass is 10.2. The van der Waals surface area contributed by atoms with Crippen LogP contribution in [-0.4, -0.2) is 26.2 Å². The third-order valence-electron chi connectivity index (χ3n) is 4.50. The fourth-order valence-corrected chi connectivity index (χ4v) is 4.61. The second kappa shape index (κ2) is 9.40. The van der Waals surface area contributed by atoms with Crippen molar-refractivity contribution in [2.45, 2.75) is 25.0 Å². The number of halogens is 1. The van der Waals surface area contributed by atoms with Gasteiger partial charge in [-0.25, -0.2) is 14.4 Å². The number of para-hydroxylation sites is 1. The van der Waals surface area contributed by atoms with Gasteiger partial charge in [0.2, 0.25) is 5.91 Å². The van der Waals surface area contributed by atoms with E-state index in [1.54, 1.807) is 34.2 Å². The lowest BCUT2D eigenvalue weighted by Gasteiger charge is -2.12. The fraction of sp³-hybridized carbons (Fsp3) is 0.182. The molecule has 4 rings (SSSR count). The molecule has 0 fully saturated rings. The third kappa shape index (κ3) is 4.83. The summed E-state index contributed by atoms with van der Waals surface area (Å²) in [5, 5.41) is 6.13. The van der Waals surface area contributed by atoms with Crippen LogP contribution < -0.4 is 10.9 Å². The zero-order valence-electron chi connectivity index (χ0n) is 16.7. The lowest BCUT2D eigenvalue weighted by Crippen LogP contribution is -2.24. The summed E-state index contributed by atoms with van der Waals surface area (Å²) in [6.45, 7) is 2.53. The summed E-state index contributed by atoms with van der Waals surface area (Å²) in [5.41, 5.74) is 1.96. The molecule has 0 atom stereocenters. The Morgan fingerprint density at radius 3 is 2.71 bits per heavy atom. The molecule has 0 radical (unpaired) electrons. The molecule has 1 N–H and O–H groups in total. The van der Waals surface area contributed by atoms with Gasteiger partial charge in [0.25, 0.3) is 5.56 Å². The first kappa shape index (κ1) is 21.2. The summed E-state index contributed by atoms with van der Waals surface area (Å²) in [4.78, 5) is 34.3. The van der Waals surface area contributed by atoms with Crippen LogP contribution in [0.5, 0.6) is 0 Å². The number of hydrogen-bond acceptors (Lipinski definition) is 6. The molecule has 0 saturated heterocycles. The molecule has 2 aromatic carbocycles. The Kier molecular flexibility index (Phi) is 6.43. The average molecular weight is 455 g/mol. The molecule has 2 aromatic heterocycles. The molecule has 4 aromatic rings. The van der Waals surface area contributed by atoms with Crippen molar-refractivity contribution in [1.29, 1.82) is 0 Å². The summed E-state index contributed by atoms with van der Waals surface area (Å²) >= 11 is 2.52. The maximum Gasteiger partial charge on any atom is 0.262 e. The van der Waals surface area contributed by atoms with Crippen LogP contribution in [0.25, 0.3) is 22.2 Å². The predicted octanol–water partition coefficient (Wildman–Crippen LogP) is 4.80. The molecular formula is C22H19FN4O2S2. The van der Waals surface area contributed by atoms with E-state index < -0.39 is 0 Å². The SMILES string of the molecule is CCCn1c(SCC(=O)Nc2nc(-c3ccc(F)cc3)cs2)nc2ccccc2c1=O. The van der Waals surface area contributed by atoms with E-state index in [4.69, 9.17) is 0 Å². The van der Waals surface area contributed by atoms with Crippen LogP contribution in [0.4, 0.5) is 9.52 Å². The number of carbonyl (C=O) groups excluding carboxylic acids is 1. The molecule has 0 aliphatic rings. The van der Waals surface area contributed by atoms with E-state index in [9.17, 15) is 14.0 Å². The number of nitrogens with zero attached hydrogens (tertiary/aromatic N) is 3. The minimum absolute atomic E-state index is 0.0972. The molecule has 158 valence electrons. The number of thioether (sulfide) groups is 1. The molecule has 0 unspecified atom stereocenters. The van der Waals surface area contributed by atoms with Crippen molar-refractivity contribution in [3.05, 3.63) is 70.1 Å². The summed E-state index contributed by atoms with van der Waals surface area (Å²) < 4.78 is 14.7. The number of thiazole rings is 1. The topological polar surface area (TPSA) is 76.9 Å².